The summed E-state index contributed by atoms with van der Waals surface area (Å²) in [6.45, 7) is 7.97. The van der Waals surface area contributed by atoms with Gasteiger partial charge in [-0.25, -0.2) is 0 Å². The molecule has 0 aliphatic rings. The van der Waals surface area contributed by atoms with Gasteiger partial charge in [0.15, 0.2) is 0 Å². The van der Waals surface area contributed by atoms with E-state index in [0.29, 0.717) is 18.9 Å². The van der Waals surface area contributed by atoms with E-state index in [9.17, 15) is 9.90 Å². The molecule has 0 aliphatic carbocycles. The van der Waals surface area contributed by atoms with Crippen LogP contribution in [0, 0.1) is 0 Å². The summed E-state index contributed by atoms with van der Waals surface area (Å²) in [7, 11) is 0. The fourth-order valence-electron chi connectivity index (χ4n) is 2.14. The first kappa shape index (κ1) is 17.7. The second kappa shape index (κ2) is 9.53. The van der Waals surface area contributed by atoms with E-state index < -0.39 is 6.10 Å². The van der Waals surface area contributed by atoms with E-state index in [1.54, 1.807) is 0 Å². The summed E-state index contributed by atoms with van der Waals surface area (Å²) < 4.78 is 0. The molecule has 2 unspecified atom stereocenters. The first-order valence-electron chi connectivity index (χ1n) is 7.77. The van der Waals surface area contributed by atoms with Crippen molar-refractivity contribution in [3.8, 4) is 0 Å². The average Bonchev–Trinajstić information content (AvgIpc) is 2.49. The van der Waals surface area contributed by atoms with Crippen molar-refractivity contribution in [2.24, 2.45) is 0 Å². The fourth-order valence-corrected chi connectivity index (χ4v) is 2.14. The normalized spacial score (nSPS) is 13.7. The predicted molar refractivity (Wildman–Crippen MR) is 86.3 cm³/mol. The number of benzene rings is 1. The summed E-state index contributed by atoms with van der Waals surface area (Å²) in [5.41, 5.74) is 2.28. The van der Waals surface area contributed by atoms with Crippen molar-refractivity contribution in [1.29, 1.82) is 0 Å². The van der Waals surface area contributed by atoms with Crippen LogP contribution in [0.1, 0.15) is 56.8 Å². The second-order valence-electron chi connectivity index (χ2n) is 5.51. The number of amides is 1. The van der Waals surface area contributed by atoms with E-state index in [1.807, 2.05) is 12.1 Å². The zero-order chi connectivity index (χ0) is 15.7. The molecule has 0 bridgehead atoms. The molecule has 0 radical (unpaired) electrons. The van der Waals surface area contributed by atoms with Gasteiger partial charge in [-0.3, -0.25) is 4.79 Å². The van der Waals surface area contributed by atoms with Crippen molar-refractivity contribution < 1.29 is 9.90 Å². The Kier molecular flexibility index (Phi) is 8.01. The van der Waals surface area contributed by atoms with Crippen LogP contribution in [0.5, 0.6) is 0 Å². The van der Waals surface area contributed by atoms with Crippen LogP contribution in [0.25, 0.3) is 0 Å². The van der Waals surface area contributed by atoms with Gasteiger partial charge >= 0.3 is 0 Å². The molecule has 4 heteroatoms. The van der Waals surface area contributed by atoms with Gasteiger partial charge in [-0.1, -0.05) is 38.1 Å². The van der Waals surface area contributed by atoms with Crippen molar-refractivity contribution in [3.63, 3.8) is 0 Å². The van der Waals surface area contributed by atoms with Gasteiger partial charge in [-0.15, -0.1) is 0 Å². The Balaban J connectivity index is 2.28. The lowest BCUT2D eigenvalue weighted by molar-refractivity contribution is -0.118. The summed E-state index contributed by atoms with van der Waals surface area (Å²) in [6, 6.07) is 8.25. The van der Waals surface area contributed by atoms with Gasteiger partial charge in [0.2, 0.25) is 5.91 Å². The van der Waals surface area contributed by atoms with E-state index in [2.05, 4.69) is 36.6 Å². The van der Waals surface area contributed by atoms with Crippen molar-refractivity contribution >= 4 is 5.91 Å². The molecule has 0 aromatic heterocycles. The van der Waals surface area contributed by atoms with Crippen molar-refractivity contribution in [3.05, 3.63) is 35.4 Å². The van der Waals surface area contributed by atoms with Gasteiger partial charge in [-0.05, 0) is 36.4 Å². The molecule has 118 valence electrons. The molecule has 21 heavy (non-hydrogen) atoms. The molecule has 0 saturated heterocycles. The third-order valence-corrected chi connectivity index (χ3v) is 3.77. The quantitative estimate of drug-likeness (QED) is 0.612. The van der Waals surface area contributed by atoms with Gasteiger partial charge in [0.1, 0.15) is 0 Å². The summed E-state index contributed by atoms with van der Waals surface area (Å²) in [6.07, 6.45) is 1.35. The smallest absolute Gasteiger partial charge is 0.216 e. The number of carbonyl (C=O) groups excluding carboxylic acids is 1. The molecular formula is C17H28N2O2. The van der Waals surface area contributed by atoms with E-state index in [-0.39, 0.29) is 5.91 Å². The zero-order valence-electron chi connectivity index (χ0n) is 13.4. The van der Waals surface area contributed by atoms with Crippen LogP contribution in [0.3, 0.4) is 0 Å². The Morgan fingerprint density at radius 3 is 2.33 bits per heavy atom. The van der Waals surface area contributed by atoms with Crippen molar-refractivity contribution in [2.75, 3.05) is 19.6 Å². The fraction of sp³-hybridized carbons (Fsp3) is 0.588. The van der Waals surface area contributed by atoms with Crippen LogP contribution in [0.4, 0.5) is 0 Å². The van der Waals surface area contributed by atoms with Gasteiger partial charge in [0.05, 0.1) is 6.10 Å². The Morgan fingerprint density at radius 2 is 1.76 bits per heavy atom. The Morgan fingerprint density at radius 1 is 1.14 bits per heavy atom. The summed E-state index contributed by atoms with van der Waals surface area (Å²) in [4.78, 5) is 10.7. The second-order valence-corrected chi connectivity index (χ2v) is 5.51. The molecule has 1 rings (SSSR count). The standard InChI is InChI=1S/C17H28N2O2/c1-4-13(2)15-5-7-16(8-6-15)17(21)9-10-18-11-12-19-14(3)20/h5-8,13,17-18,21H,4,9-12H2,1-3H3,(H,19,20). The lowest BCUT2D eigenvalue weighted by Crippen LogP contribution is -2.31. The molecule has 0 heterocycles. The van der Waals surface area contributed by atoms with Crippen LogP contribution >= 0.6 is 0 Å². The average molecular weight is 292 g/mol. The van der Waals surface area contributed by atoms with Crippen molar-refractivity contribution in [2.45, 2.75) is 45.6 Å². The number of aliphatic hydroxyl groups is 1. The van der Waals surface area contributed by atoms with Crippen LogP contribution in [-0.4, -0.2) is 30.6 Å². The lowest BCUT2D eigenvalue weighted by atomic mass is 9.96. The van der Waals surface area contributed by atoms with E-state index in [1.165, 1.54) is 12.5 Å². The maximum atomic E-state index is 10.7. The maximum Gasteiger partial charge on any atom is 0.216 e. The number of aliphatic hydroxyl groups excluding tert-OH is 1. The number of carbonyl (C=O) groups is 1. The highest BCUT2D eigenvalue weighted by molar-refractivity contribution is 5.72. The minimum absolute atomic E-state index is 0.0155. The first-order chi connectivity index (χ1) is 10.0. The lowest BCUT2D eigenvalue weighted by Gasteiger charge is -2.14. The monoisotopic (exact) mass is 292 g/mol. The van der Waals surface area contributed by atoms with Crippen molar-refractivity contribution in [1.82, 2.24) is 10.6 Å². The van der Waals surface area contributed by atoms with Crippen LogP contribution in [-0.2, 0) is 4.79 Å². The van der Waals surface area contributed by atoms with Gasteiger partial charge in [0.25, 0.3) is 0 Å². The molecule has 2 atom stereocenters. The first-order valence-corrected chi connectivity index (χ1v) is 7.77. The topological polar surface area (TPSA) is 61.4 Å². The minimum Gasteiger partial charge on any atom is -0.388 e. The van der Waals surface area contributed by atoms with Crippen LogP contribution < -0.4 is 10.6 Å². The molecule has 0 spiro atoms. The zero-order valence-corrected chi connectivity index (χ0v) is 13.4. The molecule has 4 nitrogen and oxygen atoms in total. The largest absolute Gasteiger partial charge is 0.388 e. The van der Waals surface area contributed by atoms with E-state index in [4.69, 9.17) is 0 Å². The highest BCUT2D eigenvalue weighted by Crippen LogP contribution is 2.22. The summed E-state index contributed by atoms with van der Waals surface area (Å²) in [5, 5.41) is 16.1. The third kappa shape index (κ3) is 6.74. The van der Waals surface area contributed by atoms with E-state index >= 15 is 0 Å². The molecule has 3 N–H and O–H groups in total. The highest BCUT2D eigenvalue weighted by Gasteiger charge is 2.08. The summed E-state index contributed by atoms with van der Waals surface area (Å²) >= 11 is 0. The molecule has 1 aromatic rings. The number of hydrogen-bond acceptors (Lipinski definition) is 3. The van der Waals surface area contributed by atoms with Gasteiger partial charge in [0, 0.05) is 20.0 Å². The maximum absolute atomic E-state index is 10.7. The number of hydrogen-bond donors (Lipinski definition) is 3. The third-order valence-electron chi connectivity index (χ3n) is 3.77. The Labute approximate surface area is 128 Å². The van der Waals surface area contributed by atoms with Crippen LogP contribution in [0.2, 0.25) is 0 Å². The molecule has 0 fully saturated rings. The SMILES string of the molecule is CCC(C)c1ccc(C(O)CCNCCNC(C)=O)cc1. The molecule has 1 aromatic carbocycles. The van der Waals surface area contributed by atoms with Gasteiger partial charge < -0.3 is 15.7 Å². The molecule has 1 amide bonds. The number of rotatable bonds is 9. The summed E-state index contributed by atoms with van der Waals surface area (Å²) in [5.74, 6) is 0.546. The Bertz CT molecular complexity index is 417. The number of nitrogens with one attached hydrogen (secondary N) is 2. The van der Waals surface area contributed by atoms with E-state index in [0.717, 1.165) is 25.1 Å². The Hall–Kier alpha value is -1.39. The minimum atomic E-state index is -0.441. The highest BCUT2D eigenvalue weighted by atomic mass is 16.3. The van der Waals surface area contributed by atoms with Gasteiger partial charge in [-0.2, -0.15) is 0 Å². The molecule has 0 aliphatic heterocycles. The van der Waals surface area contributed by atoms with Crippen LogP contribution in [0.15, 0.2) is 24.3 Å². The molecular weight excluding hydrogens is 264 g/mol. The predicted octanol–water partition coefficient (Wildman–Crippen LogP) is 2.35. The molecule has 0 saturated carbocycles.